The number of nitrogens with one attached hydrogen (secondary N) is 2. The Labute approximate surface area is 144 Å². The Hall–Kier alpha value is -2.51. The second-order valence-electron chi connectivity index (χ2n) is 6.21. The van der Waals surface area contributed by atoms with Gasteiger partial charge >= 0.3 is 6.03 Å². The summed E-state index contributed by atoms with van der Waals surface area (Å²) in [5.74, 6) is 0.551. The lowest BCUT2D eigenvalue weighted by Crippen LogP contribution is -2.37. The molecule has 2 amide bonds. The van der Waals surface area contributed by atoms with Crippen molar-refractivity contribution in [3.05, 3.63) is 47.0 Å². The first kappa shape index (κ1) is 17.3. The van der Waals surface area contributed by atoms with Crippen molar-refractivity contribution in [3.63, 3.8) is 0 Å². The maximum atomic E-state index is 13.7. The number of halogens is 2. The van der Waals surface area contributed by atoms with Crippen molar-refractivity contribution in [2.24, 2.45) is 0 Å². The van der Waals surface area contributed by atoms with Gasteiger partial charge in [-0.15, -0.1) is 10.2 Å². The lowest BCUT2D eigenvalue weighted by molar-refractivity contribution is 0.237. The molecule has 0 radical (unpaired) electrons. The molecule has 1 aliphatic heterocycles. The molecule has 0 spiro atoms. The van der Waals surface area contributed by atoms with Gasteiger partial charge in [-0.3, -0.25) is 0 Å². The van der Waals surface area contributed by atoms with E-state index in [0.717, 1.165) is 56.3 Å². The van der Waals surface area contributed by atoms with Crippen molar-refractivity contribution < 1.29 is 13.6 Å². The van der Waals surface area contributed by atoms with Crippen LogP contribution in [0.1, 0.15) is 49.4 Å². The van der Waals surface area contributed by atoms with Gasteiger partial charge in [-0.1, -0.05) is 6.42 Å². The summed E-state index contributed by atoms with van der Waals surface area (Å²) in [6.07, 6.45) is 4.23. The Balaban J connectivity index is 1.58. The number of hydrogen-bond donors (Lipinski definition) is 2. The van der Waals surface area contributed by atoms with E-state index in [-0.39, 0.29) is 12.1 Å². The largest absolute Gasteiger partial charge is 0.332 e. The highest BCUT2D eigenvalue weighted by Gasteiger charge is 2.17. The lowest BCUT2D eigenvalue weighted by atomic mass is 10.1. The van der Waals surface area contributed by atoms with Gasteiger partial charge in [0.05, 0.1) is 12.6 Å². The van der Waals surface area contributed by atoms with Crippen molar-refractivity contribution >= 4 is 6.03 Å². The van der Waals surface area contributed by atoms with Crippen molar-refractivity contribution in [2.45, 2.75) is 51.7 Å². The highest BCUT2D eigenvalue weighted by atomic mass is 19.1. The SMILES string of the molecule is C[C@H](NC(=O)NCc1nnc2n1CCCCC2)c1cc(F)ccc1F. The predicted octanol–water partition coefficient (Wildman–Crippen LogP) is 2.84. The van der Waals surface area contributed by atoms with Crippen LogP contribution in [0.3, 0.4) is 0 Å². The highest BCUT2D eigenvalue weighted by molar-refractivity contribution is 5.74. The number of hydrogen-bond acceptors (Lipinski definition) is 3. The lowest BCUT2D eigenvalue weighted by Gasteiger charge is -2.16. The average Bonchev–Trinajstić information content (AvgIpc) is 2.81. The summed E-state index contributed by atoms with van der Waals surface area (Å²) in [5, 5.41) is 13.6. The van der Waals surface area contributed by atoms with E-state index < -0.39 is 23.7 Å². The quantitative estimate of drug-likeness (QED) is 0.892. The third kappa shape index (κ3) is 4.12. The van der Waals surface area contributed by atoms with E-state index in [1.54, 1.807) is 6.92 Å². The number of benzene rings is 1. The Kier molecular flexibility index (Phi) is 5.25. The average molecular weight is 349 g/mol. The molecule has 0 saturated heterocycles. The molecule has 2 aromatic rings. The number of rotatable bonds is 4. The van der Waals surface area contributed by atoms with Gasteiger partial charge in [0.15, 0.2) is 5.82 Å². The van der Waals surface area contributed by atoms with Gasteiger partial charge in [0, 0.05) is 18.5 Å². The van der Waals surface area contributed by atoms with E-state index in [1.807, 2.05) is 4.57 Å². The summed E-state index contributed by atoms with van der Waals surface area (Å²) in [7, 11) is 0. The fourth-order valence-electron chi connectivity index (χ4n) is 3.01. The monoisotopic (exact) mass is 349 g/mol. The van der Waals surface area contributed by atoms with Crippen LogP contribution in [-0.4, -0.2) is 20.8 Å². The second-order valence-corrected chi connectivity index (χ2v) is 6.21. The summed E-state index contributed by atoms with van der Waals surface area (Å²) in [5.41, 5.74) is 0.103. The molecule has 1 atom stereocenters. The molecule has 8 heteroatoms. The zero-order valence-corrected chi connectivity index (χ0v) is 14.1. The molecule has 25 heavy (non-hydrogen) atoms. The van der Waals surface area contributed by atoms with Gasteiger partial charge < -0.3 is 15.2 Å². The van der Waals surface area contributed by atoms with Crippen molar-refractivity contribution in [1.82, 2.24) is 25.4 Å². The Bertz CT molecular complexity index is 761. The minimum absolute atomic E-state index is 0.103. The number of urea groups is 1. The van der Waals surface area contributed by atoms with Crippen LogP contribution in [-0.2, 0) is 19.5 Å². The second kappa shape index (κ2) is 7.58. The molecule has 0 saturated carbocycles. The number of fused-ring (bicyclic) bond motifs is 1. The van der Waals surface area contributed by atoms with Gasteiger partial charge in [-0.05, 0) is 38.0 Å². The fourth-order valence-corrected chi connectivity index (χ4v) is 3.01. The van der Waals surface area contributed by atoms with Crippen molar-refractivity contribution in [2.75, 3.05) is 0 Å². The van der Waals surface area contributed by atoms with Crippen LogP contribution in [0.25, 0.3) is 0 Å². The number of amides is 2. The van der Waals surface area contributed by atoms with Crippen molar-refractivity contribution in [1.29, 1.82) is 0 Å². The van der Waals surface area contributed by atoms with E-state index >= 15 is 0 Å². The molecule has 134 valence electrons. The van der Waals surface area contributed by atoms with Gasteiger partial charge in [-0.2, -0.15) is 0 Å². The first-order chi connectivity index (χ1) is 12.0. The molecule has 2 heterocycles. The molecular weight excluding hydrogens is 328 g/mol. The minimum Gasteiger partial charge on any atom is -0.332 e. The third-order valence-corrected chi connectivity index (χ3v) is 4.37. The van der Waals surface area contributed by atoms with E-state index in [2.05, 4.69) is 20.8 Å². The summed E-state index contributed by atoms with van der Waals surface area (Å²) in [6.45, 7) is 2.68. The maximum Gasteiger partial charge on any atom is 0.315 e. The highest BCUT2D eigenvalue weighted by Crippen LogP contribution is 2.18. The molecule has 0 bridgehead atoms. The van der Waals surface area contributed by atoms with Crippen molar-refractivity contribution in [3.8, 4) is 0 Å². The Morgan fingerprint density at radius 3 is 2.96 bits per heavy atom. The molecule has 0 unspecified atom stereocenters. The van der Waals surface area contributed by atoms with Gasteiger partial charge in [-0.25, -0.2) is 13.6 Å². The third-order valence-electron chi connectivity index (χ3n) is 4.37. The van der Waals surface area contributed by atoms with E-state index in [1.165, 1.54) is 0 Å². The fraction of sp³-hybridized carbons (Fsp3) is 0.471. The van der Waals surface area contributed by atoms with E-state index in [9.17, 15) is 13.6 Å². The molecule has 0 fully saturated rings. The Morgan fingerprint density at radius 1 is 1.28 bits per heavy atom. The first-order valence-corrected chi connectivity index (χ1v) is 8.45. The van der Waals surface area contributed by atoms with Crippen LogP contribution in [0.5, 0.6) is 0 Å². The molecule has 2 N–H and O–H groups in total. The first-order valence-electron chi connectivity index (χ1n) is 8.45. The number of aryl methyl sites for hydroxylation is 1. The maximum absolute atomic E-state index is 13.7. The van der Waals surface area contributed by atoms with E-state index in [4.69, 9.17) is 0 Å². The summed E-state index contributed by atoms with van der Waals surface area (Å²) in [6, 6.07) is 2.04. The number of carbonyl (C=O) groups is 1. The molecule has 1 aromatic carbocycles. The summed E-state index contributed by atoms with van der Waals surface area (Å²) in [4.78, 5) is 12.1. The Morgan fingerprint density at radius 2 is 2.12 bits per heavy atom. The zero-order valence-electron chi connectivity index (χ0n) is 14.1. The van der Waals surface area contributed by atoms with Crippen LogP contribution >= 0.6 is 0 Å². The minimum atomic E-state index is -0.661. The summed E-state index contributed by atoms with van der Waals surface area (Å²) >= 11 is 0. The van der Waals surface area contributed by atoms with Gasteiger partial charge in [0.1, 0.15) is 17.5 Å². The topological polar surface area (TPSA) is 71.8 Å². The predicted molar refractivity (Wildman–Crippen MR) is 87.7 cm³/mol. The zero-order chi connectivity index (χ0) is 17.8. The molecule has 1 aliphatic rings. The van der Waals surface area contributed by atoms with Crippen LogP contribution in [0.2, 0.25) is 0 Å². The standard InChI is InChI=1S/C17H21F2N5O/c1-11(13-9-12(18)6-7-14(13)19)21-17(25)20-10-16-23-22-15-5-3-2-4-8-24(15)16/h6-7,9,11H,2-5,8,10H2,1H3,(H2,20,21,25)/t11-/m0/s1. The number of aromatic nitrogens is 3. The van der Waals surface area contributed by atoms with Crippen LogP contribution in [0.15, 0.2) is 18.2 Å². The van der Waals surface area contributed by atoms with E-state index in [0.29, 0.717) is 5.82 Å². The van der Waals surface area contributed by atoms with Crippen LogP contribution in [0.4, 0.5) is 13.6 Å². The molecule has 6 nitrogen and oxygen atoms in total. The normalized spacial score (nSPS) is 15.2. The number of nitrogens with zero attached hydrogens (tertiary/aromatic N) is 3. The van der Waals surface area contributed by atoms with Gasteiger partial charge in [0.2, 0.25) is 0 Å². The summed E-state index contributed by atoms with van der Waals surface area (Å²) < 4.78 is 29.1. The molecule has 3 rings (SSSR count). The molecular formula is C17H21F2N5O. The smallest absolute Gasteiger partial charge is 0.315 e. The molecule has 0 aliphatic carbocycles. The van der Waals surface area contributed by atoms with Crippen LogP contribution in [0, 0.1) is 11.6 Å². The van der Waals surface area contributed by atoms with Gasteiger partial charge in [0.25, 0.3) is 0 Å². The number of carbonyl (C=O) groups excluding carboxylic acids is 1. The molecule has 1 aromatic heterocycles. The van der Waals surface area contributed by atoms with Crippen LogP contribution < -0.4 is 10.6 Å².